The van der Waals surface area contributed by atoms with Crippen LogP contribution in [0.2, 0.25) is 0 Å². The Bertz CT molecular complexity index is 1350. The molecule has 2 aliphatic rings. The number of fused-ring (bicyclic) bond motifs is 2. The Morgan fingerprint density at radius 2 is 1.82 bits per heavy atom. The number of rotatable bonds is 5. The molecule has 2 fully saturated rings. The van der Waals surface area contributed by atoms with E-state index in [1.807, 2.05) is 30.5 Å². The van der Waals surface area contributed by atoms with Crippen LogP contribution in [0.4, 0.5) is 10.2 Å². The minimum atomic E-state index is -0.0664. The molecule has 1 aliphatic heterocycles. The molecule has 5 heteroatoms. The predicted octanol–water partition coefficient (Wildman–Crippen LogP) is 5.87. The van der Waals surface area contributed by atoms with Crippen molar-refractivity contribution in [3.05, 3.63) is 95.1 Å². The number of hydrogen-bond acceptors (Lipinski definition) is 4. The van der Waals surface area contributed by atoms with E-state index in [4.69, 9.17) is 9.97 Å². The Morgan fingerprint density at radius 1 is 1.00 bits per heavy atom. The maximum absolute atomic E-state index is 14.7. The first-order valence-electron chi connectivity index (χ1n) is 12.3. The molecule has 0 spiro atoms. The summed E-state index contributed by atoms with van der Waals surface area (Å²) in [6, 6.07) is 20.0. The molecule has 1 saturated carbocycles. The Kier molecular flexibility index (Phi) is 5.09. The van der Waals surface area contributed by atoms with E-state index in [1.54, 1.807) is 12.1 Å². The van der Waals surface area contributed by atoms with Crippen molar-refractivity contribution in [2.75, 3.05) is 18.0 Å². The summed E-state index contributed by atoms with van der Waals surface area (Å²) in [5.41, 5.74) is 5.84. The predicted molar refractivity (Wildman–Crippen MR) is 133 cm³/mol. The van der Waals surface area contributed by atoms with E-state index in [0.29, 0.717) is 17.5 Å². The third kappa shape index (κ3) is 3.46. The fourth-order valence-electron chi connectivity index (χ4n) is 6.24. The van der Waals surface area contributed by atoms with E-state index in [0.717, 1.165) is 54.9 Å². The highest BCUT2D eigenvalue weighted by Crippen LogP contribution is 2.65. The molecule has 3 atom stereocenters. The zero-order chi connectivity index (χ0) is 23.3. The van der Waals surface area contributed by atoms with Crippen LogP contribution in [-0.2, 0) is 11.8 Å². The number of hydrogen-bond donors (Lipinski definition) is 0. The molecular weight excluding hydrogens is 423 g/mol. The molecule has 1 aliphatic carbocycles. The second-order valence-corrected chi connectivity index (χ2v) is 9.86. The smallest absolute Gasteiger partial charge is 0.178 e. The lowest BCUT2D eigenvalue weighted by atomic mass is 9.88. The van der Waals surface area contributed by atoms with Crippen LogP contribution in [-0.4, -0.2) is 28.0 Å². The average Bonchev–Trinajstić information content (AvgIpc) is 3.53. The molecule has 3 heterocycles. The van der Waals surface area contributed by atoms with Crippen LogP contribution >= 0.6 is 0 Å². The Hall–Kier alpha value is -3.34. The van der Waals surface area contributed by atoms with E-state index in [2.05, 4.69) is 48.0 Å². The monoisotopic (exact) mass is 452 g/mol. The number of aryl methyl sites for hydroxylation is 1. The van der Waals surface area contributed by atoms with Crippen molar-refractivity contribution < 1.29 is 4.39 Å². The molecule has 34 heavy (non-hydrogen) atoms. The number of nitrogens with zero attached hydrogens (tertiary/aromatic N) is 4. The van der Waals surface area contributed by atoms with Gasteiger partial charge in [-0.2, -0.15) is 0 Å². The van der Waals surface area contributed by atoms with Gasteiger partial charge < -0.3 is 4.90 Å². The highest BCUT2D eigenvalue weighted by atomic mass is 19.1. The van der Waals surface area contributed by atoms with Gasteiger partial charge in [0.05, 0.1) is 6.20 Å². The molecule has 2 unspecified atom stereocenters. The third-order valence-corrected chi connectivity index (χ3v) is 8.07. The van der Waals surface area contributed by atoms with Crippen LogP contribution < -0.4 is 4.90 Å². The molecular formula is C29H29FN4. The van der Waals surface area contributed by atoms with Gasteiger partial charge in [0, 0.05) is 30.6 Å². The topological polar surface area (TPSA) is 41.9 Å². The molecule has 4 nitrogen and oxygen atoms in total. The van der Waals surface area contributed by atoms with Gasteiger partial charge in [-0.25, -0.2) is 19.3 Å². The first-order chi connectivity index (χ1) is 16.6. The van der Waals surface area contributed by atoms with Crippen molar-refractivity contribution in [3.63, 3.8) is 0 Å². The molecule has 172 valence electrons. The molecule has 0 N–H and O–H groups in total. The van der Waals surface area contributed by atoms with E-state index in [-0.39, 0.29) is 11.2 Å². The summed E-state index contributed by atoms with van der Waals surface area (Å²) in [5, 5.41) is 0. The highest BCUT2D eigenvalue weighted by molar-refractivity contribution is 5.71. The zero-order valence-corrected chi connectivity index (χ0v) is 19.7. The standard InChI is InChI=1S/C29H29FN4/c1-3-29(23-6-4-5-7-25(23)30)22-14-15-34(18-24(22)29)27-17-31-28-26(33-27)13-12-21(32-28)16-20-10-8-19(2)9-11-20/h4-13,17,22,24H,3,14-16,18H2,1-2H3/t22?,24?,29-/m1/s1. The van der Waals surface area contributed by atoms with Crippen LogP contribution in [0.15, 0.2) is 66.9 Å². The molecule has 0 bridgehead atoms. The molecule has 0 radical (unpaired) electrons. The molecule has 4 aromatic rings. The Balaban J connectivity index is 1.22. The summed E-state index contributed by atoms with van der Waals surface area (Å²) in [5.74, 6) is 1.83. The largest absolute Gasteiger partial charge is 0.355 e. The summed E-state index contributed by atoms with van der Waals surface area (Å²) in [4.78, 5) is 16.6. The number of piperidine rings is 1. The summed E-state index contributed by atoms with van der Waals surface area (Å²) < 4.78 is 14.7. The van der Waals surface area contributed by atoms with E-state index in [9.17, 15) is 4.39 Å². The average molecular weight is 453 g/mol. The molecule has 1 saturated heterocycles. The fourth-order valence-corrected chi connectivity index (χ4v) is 6.24. The van der Waals surface area contributed by atoms with Crippen molar-refractivity contribution in [2.24, 2.45) is 11.8 Å². The van der Waals surface area contributed by atoms with Gasteiger partial charge in [0.1, 0.15) is 17.2 Å². The Labute approximate surface area is 199 Å². The summed E-state index contributed by atoms with van der Waals surface area (Å²) >= 11 is 0. The van der Waals surface area contributed by atoms with Crippen LogP contribution in [0.25, 0.3) is 11.2 Å². The van der Waals surface area contributed by atoms with Gasteiger partial charge >= 0.3 is 0 Å². The van der Waals surface area contributed by atoms with Crippen LogP contribution in [0.1, 0.15) is 42.1 Å². The van der Waals surface area contributed by atoms with Gasteiger partial charge in [0.25, 0.3) is 0 Å². The van der Waals surface area contributed by atoms with Crippen molar-refractivity contribution in [1.29, 1.82) is 0 Å². The minimum Gasteiger partial charge on any atom is -0.355 e. The first kappa shape index (κ1) is 21.2. The Morgan fingerprint density at radius 3 is 2.62 bits per heavy atom. The SMILES string of the molecule is CC[C@]1(c2ccccc2F)C2CCN(c3cnc4nc(Cc5ccc(C)cc5)ccc4n3)CC21. The summed E-state index contributed by atoms with van der Waals surface area (Å²) in [7, 11) is 0. The van der Waals surface area contributed by atoms with Crippen LogP contribution in [0.5, 0.6) is 0 Å². The lowest BCUT2D eigenvalue weighted by Crippen LogP contribution is -2.32. The quantitative estimate of drug-likeness (QED) is 0.380. The number of anilines is 1. The van der Waals surface area contributed by atoms with Gasteiger partial charge in [0.2, 0.25) is 0 Å². The molecule has 6 rings (SSSR count). The number of halogens is 1. The van der Waals surface area contributed by atoms with Crippen LogP contribution in [0, 0.1) is 24.6 Å². The van der Waals surface area contributed by atoms with Crippen molar-refractivity contribution in [2.45, 2.75) is 38.5 Å². The lowest BCUT2D eigenvalue weighted by molar-refractivity contribution is 0.516. The maximum atomic E-state index is 14.7. The minimum absolute atomic E-state index is 0.0448. The maximum Gasteiger partial charge on any atom is 0.178 e. The van der Waals surface area contributed by atoms with Crippen LogP contribution in [0.3, 0.4) is 0 Å². The third-order valence-electron chi connectivity index (χ3n) is 8.07. The second-order valence-electron chi connectivity index (χ2n) is 9.86. The van der Waals surface area contributed by atoms with Crippen molar-refractivity contribution in [1.82, 2.24) is 15.0 Å². The summed E-state index contributed by atoms with van der Waals surface area (Å²) in [6.07, 6.45) is 4.66. The number of benzene rings is 2. The number of pyridine rings is 1. The van der Waals surface area contributed by atoms with Gasteiger partial charge in [-0.1, -0.05) is 55.0 Å². The zero-order valence-electron chi connectivity index (χ0n) is 19.7. The van der Waals surface area contributed by atoms with Crippen molar-refractivity contribution >= 4 is 17.0 Å². The second kappa shape index (κ2) is 8.15. The van der Waals surface area contributed by atoms with Crippen molar-refractivity contribution in [3.8, 4) is 0 Å². The lowest BCUT2D eigenvalue weighted by Gasteiger charge is -2.27. The normalized spacial score (nSPS) is 23.7. The summed E-state index contributed by atoms with van der Waals surface area (Å²) in [6.45, 7) is 6.12. The molecule has 2 aromatic heterocycles. The first-order valence-corrected chi connectivity index (χ1v) is 12.3. The van der Waals surface area contributed by atoms with Gasteiger partial charge in [0.15, 0.2) is 5.65 Å². The van der Waals surface area contributed by atoms with Gasteiger partial charge in [-0.3, -0.25) is 0 Å². The van der Waals surface area contributed by atoms with E-state index in [1.165, 1.54) is 11.1 Å². The van der Waals surface area contributed by atoms with E-state index >= 15 is 0 Å². The van der Waals surface area contributed by atoms with E-state index < -0.39 is 0 Å². The highest BCUT2D eigenvalue weighted by Gasteiger charge is 2.65. The molecule has 2 aromatic carbocycles. The van der Waals surface area contributed by atoms with Gasteiger partial charge in [-0.15, -0.1) is 0 Å². The molecule has 0 amide bonds. The fraction of sp³-hybridized carbons (Fsp3) is 0.345. The number of aromatic nitrogens is 3. The van der Waals surface area contributed by atoms with Gasteiger partial charge in [-0.05, 0) is 60.9 Å².